The molecule has 0 aliphatic rings. The van der Waals surface area contributed by atoms with Gasteiger partial charge in [-0.25, -0.2) is 0 Å². The monoisotopic (exact) mass is 415 g/mol. The maximum absolute atomic E-state index is 4.72. The van der Waals surface area contributed by atoms with Crippen LogP contribution in [-0.4, -0.2) is 4.98 Å². The highest BCUT2D eigenvalue weighted by Crippen LogP contribution is 2.17. The van der Waals surface area contributed by atoms with Gasteiger partial charge in [0, 0.05) is 11.9 Å². The Balaban J connectivity index is 2.02. The maximum Gasteiger partial charge on any atom is 0.0435 e. The topological polar surface area (TPSA) is 12.9 Å². The number of hydrogen-bond donors (Lipinski definition) is 0. The smallest absolute Gasteiger partial charge is 0.0435 e. The van der Waals surface area contributed by atoms with Crippen LogP contribution in [0.15, 0.2) is 18.3 Å². The van der Waals surface area contributed by atoms with Crippen LogP contribution in [0.2, 0.25) is 0 Å². The third kappa shape index (κ3) is 15.9. The van der Waals surface area contributed by atoms with Crippen molar-refractivity contribution in [2.24, 2.45) is 0 Å². The van der Waals surface area contributed by atoms with Crippen molar-refractivity contribution in [1.82, 2.24) is 4.98 Å². The van der Waals surface area contributed by atoms with Crippen LogP contribution in [0.25, 0.3) is 0 Å². The van der Waals surface area contributed by atoms with Crippen LogP contribution >= 0.6 is 0 Å². The lowest BCUT2D eigenvalue weighted by molar-refractivity contribution is 0.552. The van der Waals surface area contributed by atoms with Crippen LogP contribution in [0.5, 0.6) is 0 Å². The van der Waals surface area contributed by atoms with E-state index in [-0.39, 0.29) is 0 Å². The first-order valence-electron chi connectivity index (χ1n) is 13.8. The van der Waals surface area contributed by atoms with E-state index in [4.69, 9.17) is 4.98 Å². The number of pyridine rings is 1. The summed E-state index contributed by atoms with van der Waals surface area (Å²) in [6, 6.07) is 4.46. The van der Waals surface area contributed by atoms with Crippen LogP contribution in [0, 0.1) is 0 Å². The first kappa shape index (κ1) is 27.2. The molecule has 1 heteroatoms. The van der Waals surface area contributed by atoms with Crippen molar-refractivity contribution < 1.29 is 0 Å². The molecule has 0 saturated heterocycles. The summed E-state index contributed by atoms with van der Waals surface area (Å²) in [5.74, 6) is 0. The predicted octanol–water partition coefficient (Wildman–Crippen LogP) is 10.0. The Labute approximate surface area is 189 Å². The molecular formula is C29H53N. The zero-order valence-corrected chi connectivity index (χ0v) is 20.7. The quantitative estimate of drug-likeness (QED) is 0.172. The predicted molar refractivity (Wildman–Crippen MR) is 135 cm³/mol. The molecule has 174 valence electrons. The van der Waals surface area contributed by atoms with Crippen molar-refractivity contribution in [1.29, 1.82) is 0 Å². The van der Waals surface area contributed by atoms with Crippen LogP contribution in [0.1, 0.15) is 154 Å². The summed E-state index contributed by atoms with van der Waals surface area (Å²) in [7, 11) is 0. The Kier molecular flexibility index (Phi) is 19.4. The molecule has 0 fully saturated rings. The van der Waals surface area contributed by atoms with E-state index in [1.54, 1.807) is 0 Å². The SMILES string of the molecule is CCCCCCCCCCCCc1cccnc1CCCCCCCCCCCC. The zero-order chi connectivity index (χ0) is 21.5. The first-order chi connectivity index (χ1) is 14.9. The molecule has 1 rings (SSSR count). The van der Waals surface area contributed by atoms with Crippen LogP contribution in [0.4, 0.5) is 0 Å². The minimum Gasteiger partial charge on any atom is -0.261 e. The average Bonchev–Trinajstić information content (AvgIpc) is 2.77. The summed E-state index contributed by atoms with van der Waals surface area (Å²) in [6.07, 6.45) is 32.7. The van der Waals surface area contributed by atoms with Crippen molar-refractivity contribution in [3.05, 3.63) is 29.6 Å². The second-order valence-electron chi connectivity index (χ2n) is 9.47. The third-order valence-corrected chi connectivity index (χ3v) is 6.55. The minimum atomic E-state index is 1.18. The van der Waals surface area contributed by atoms with Crippen molar-refractivity contribution in [2.45, 2.75) is 155 Å². The highest BCUT2D eigenvalue weighted by atomic mass is 14.7. The Bertz CT molecular complexity index is 424. The summed E-state index contributed by atoms with van der Waals surface area (Å²) < 4.78 is 0. The van der Waals surface area contributed by atoms with E-state index < -0.39 is 0 Å². The molecule has 30 heavy (non-hydrogen) atoms. The van der Waals surface area contributed by atoms with Gasteiger partial charge in [0.25, 0.3) is 0 Å². The molecule has 0 unspecified atom stereocenters. The summed E-state index contributed by atoms with van der Waals surface area (Å²) in [4.78, 5) is 4.72. The van der Waals surface area contributed by atoms with Gasteiger partial charge in [-0.1, -0.05) is 135 Å². The summed E-state index contributed by atoms with van der Waals surface area (Å²) in [6.45, 7) is 4.59. The highest BCUT2D eigenvalue weighted by molar-refractivity contribution is 5.20. The van der Waals surface area contributed by atoms with Crippen LogP contribution < -0.4 is 0 Å². The standard InChI is InChI=1S/C29H53N/c1-3-5-7-9-11-13-15-17-19-21-24-28-25-23-27-30-29(28)26-22-20-18-16-14-12-10-8-6-4-2/h23,25,27H,3-22,24,26H2,1-2H3. The van der Waals surface area contributed by atoms with Gasteiger partial charge >= 0.3 is 0 Å². The third-order valence-electron chi connectivity index (χ3n) is 6.55. The van der Waals surface area contributed by atoms with Gasteiger partial charge in [0.05, 0.1) is 0 Å². The normalized spacial score (nSPS) is 11.3. The van der Waals surface area contributed by atoms with E-state index in [1.165, 1.54) is 153 Å². The van der Waals surface area contributed by atoms with Crippen LogP contribution in [-0.2, 0) is 12.8 Å². The fourth-order valence-electron chi connectivity index (χ4n) is 4.51. The lowest BCUT2D eigenvalue weighted by atomic mass is 10.00. The van der Waals surface area contributed by atoms with E-state index in [1.807, 2.05) is 6.20 Å². The number of aromatic nitrogens is 1. The van der Waals surface area contributed by atoms with Gasteiger partial charge in [-0.3, -0.25) is 4.98 Å². The lowest BCUT2D eigenvalue weighted by Gasteiger charge is -2.09. The molecule has 0 bridgehead atoms. The first-order valence-corrected chi connectivity index (χ1v) is 13.8. The van der Waals surface area contributed by atoms with Gasteiger partial charge in [0.15, 0.2) is 0 Å². The number of unbranched alkanes of at least 4 members (excludes halogenated alkanes) is 18. The second kappa shape index (κ2) is 21.4. The number of aryl methyl sites for hydroxylation is 2. The van der Waals surface area contributed by atoms with E-state index in [0.29, 0.717) is 0 Å². The fraction of sp³-hybridized carbons (Fsp3) is 0.828. The Morgan fingerprint density at radius 1 is 0.500 bits per heavy atom. The highest BCUT2D eigenvalue weighted by Gasteiger charge is 2.04. The van der Waals surface area contributed by atoms with E-state index in [2.05, 4.69) is 26.0 Å². The van der Waals surface area contributed by atoms with Gasteiger partial charge in [0.2, 0.25) is 0 Å². The molecule has 0 saturated carbocycles. The van der Waals surface area contributed by atoms with Crippen LogP contribution in [0.3, 0.4) is 0 Å². The molecule has 0 aliphatic carbocycles. The number of hydrogen-bond acceptors (Lipinski definition) is 1. The molecular weight excluding hydrogens is 362 g/mol. The minimum absolute atomic E-state index is 1.18. The molecule has 0 amide bonds. The summed E-state index contributed by atoms with van der Waals surface area (Å²) in [5.41, 5.74) is 2.90. The molecule has 0 N–H and O–H groups in total. The molecule has 1 heterocycles. The zero-order valence-electron chi connectivity index (χ0n) is 20.7. The van der Waals surface area contributed by atoms with Crippen molar-refractivity contribution in [2.75, 3.05) is 0 Å². The molecule has 1 nitrogen and oxygen atoms in total. The molecule has 0 aromatic carbocycles. The van der Waals surface area contributed by atoms with Gasteiger partial charge in [-0.15, -0.1) is 0 Å². The van der Waals surface area contributed by atoms with Gasteiger partial charge < -0.3 is 0 Å². The molecule has 0 aliphatic heterocycles. The van der Waals surface area contributed by atoms with Gasteiger partial charge in [-0.2, -0.15) is 0 Å². The van der Waals surface area contributed by atoms with E-state index >= 15 is 0 Å². The number of rotatable bonds is 22. The molecule has 0 atom stereocenters. The van der Waals surface area contributed by atoms with E-state index in [9.17, 15) is 0 Å². The summed E-state index contributed by atoms with van der Waals surface area (Å²) >= 11 is 0. The number of nitrogens with zero attached hydrogens (tertiary/aromatic N) is 1. The second-order valence-corrected chi connectivity index (χ2v) is 9.47. The largest absolute Gasteiger partial charge is 0.261 e. The maximum atomic E-state index is 4.72. The van der Waals surface area contributed by atoms with Gasteiger partial charge in [-0.05, 0) is 37.3 Å². The fourth-order valence-corrected chi connectivity index (χ4v) is 4.51. The average molecular weight is 416 g/mol. The molecule has 0 radical (unpaired) electrons. The Morgan fingerprint density at radius 3 is 1.37 bits per heavy atom. The molecule has 1 aromatic heterocycles. The lowest BCUT2D eigenvalue weighted by Crippen LogP contribution is -1.98. The van der Waals surface area contributed by atoms with Gasteiger partial charge in [0.1, 0.15) is 0 Å². The summed E-state index contributed by atoms with van der Waals surface area (Å²) in [5, 5.41) is 0. The molecule has 1 aromatic rings. The van der Waals surface area contributed by atoms with E-state index in [0.717, 1.165) is 0 Å². The van der Waals surface area contributed by atoms with Crippen molar-refractivity contribution in [3.8, 4) is 0 Å². The molecule has 0 spiro atoms. The Morgan fingerprint density at radius 2 is 0.900 bits per heavy atom. The van der Waals surface area contributed by atoms with Crippen molar-refractivity contribution >= 4 is 0 Å². The van der Waals surface area contributed by atoms with Crippen molar-refractivity contribution in [3.63, 3.8) is 0 Å². The Hall–Kier alpha value is -0.850.